The van der Waals surface area contributed by atoms with Gasteiger partial charge in [0, 0.05) is 0 Å². The van der Waals surface area contributed by atoms with Crippen molar-refractivity contribution >= 4 is 0 Å². The van der Waals surface area contributed by atoms with Crippen LogP contribution in [-0.4, -0.2) is 11.7 Å². The van der Waals surface area contributed by atoms with E-state index in [0.29, 0.717) is 0 Å². The predicted molar refractivity (Wildman–Crippen MR) is 38.2 cm³/mol. The van der Waals surface area contributed by atoms with Crippen molar-refractivity contribution in [1.29, 1.82) is 0 Å². The minimum Gasteiger partial charge on any atom is -0.428 e. The van der Waals surface area contributed by atoms with E-state index in [1.54, 1.807) is 0 Å². The van der Waals surface area contributed by atoms with E-state index in [1.165, 1.54) is 0 Å². The normalized spacial score (nSPS) is 11.0. The van der Waals surface area contributed by atoms with Gasteiger partial charge in [-0.05, 0) is 0 Å². The van der Waals surface area contributed by atoms with E-state index >= 15 is 0 Å². The molecule has 8 heteroatoms. The number of hydrogen-bond acceptors (Lipinski definition) is 2. The number of hydrogen-bond donors (Lipinski definition) is 1. The van der Waals surface area contributed by atoms with Crippen molar-refractivity contribution in [1.82, 2.24) is 0 Å². The molecule has 0 unspecified atom stereocenters. The van der Waals surface area contributed by atoms with Crippen molar-refractivity contribution in [2.24, 2.45) is 0 Å². The summed E-state index contributed by atoms with van der Waals surface area (Å²) in [7, 11) is 0. The average Bonchev–Trinajstić information content (AvgIpc) is 2.22. The van der Waals surface area contributed by atoms with Gasteiger partial charge in [-0.15, -0.1) is 0 Å². The lowest BCUT2D eigenvalue weighted by Gasteiger charge is -2.10. The second-order valence-electron chi connectivity index (χ2n) is 2.51. The van der Waals surface area contributed by atoms with Crippen LogP contribution in [0.1, 0.15) is 5.56 Å². The molecule has 0 heterocycles. The first-order valence-corrected chi connectivity index (χ1v) is 3.68. The van der Waals surface area contributed by atoms with Gasteiger partial charge in [-0.25, -0.2) is 8.78 Å². The molecule has 1 rings (SSSR count). The number of benzene rings is 1. The summed E-state index contributed by atoms with van der Waals surface area (Å²) in [6, 6.07) is 0. The fourth-order valence-corrected chi connectivity index (χ4v) is 0.934. The molecular weight excluding hydrogens is 242 g/mol. The summed E-state index contributed by atoms with van der Waals surface area (Å²) in [5, 5.41) is 8.29. The lowest BCUT2D eigenvalue weighted by molar-refractivity contribution is -0.0554. The molecule has 0 aromatic heterocycles. The molecule has 0 saturated carbocycles. The van der Waals surface area contributed by atoms with E-state index in [9.17, 15) is 26.3 Å². The highest BCUT2D eigenvalue weighted by molar-refractivity contribution is 5.36. The van der Waals surface area contributed by atoms with Gasteiger partial charge < -0.3 is 9.84 Å². The Morgan fingerprint density at radius 2 is 1.38 bits per heavy atom. The first-order valence-electron chi connectivity index (χ1n) is 3.68. The summed E-state index contributed by atoms with van der Waals surface area (Å²) in [4.78, 5) is 0. The Hall–Kier alpha value is -1.44. The maximum atomic E-state index is 12.9. The van der Waals surface area contributed by atoms with Crippen molar-refractivity contribution < 1.29 is 36.2 Å². The second kappa shape index (κ2) is 4.60. The summed E-state index contributed by atoms with van der Waals surface area (Å²) < 4.78 is 78.1. The average molecular weight is 245 g/mol. The highest BCUT2D eigenvalue weighted by Gasteiger charge is 2.27. The zero-order chi connectivity index (χ0) is 12.5. The molecule has 0 aliphatic heterocycles. The summed E-state index contributed by atoms with van der Waals surface area (Å²) >= 11 is 0. The zero-order valence-electron chi connectivity index (χ0n) is 7.28. The molecular formula is C8H3F6O2. The van der Waals surface area contributed by atoms with Crippen molar-refractivity contribution in [2.45, 2.75) is 6.61 Å². The summed E-state index contributed by atoms with van der Waals surface area (Å²) in [5.41, 5.74) is -1.42. The molecule has 89 valence electrons. The van der Waals surface area contributed by atoms with Crippen LogP contribution < -0.4 is 4.74 Å². The monoisotopic (exact) mass is 245 g/mol. The van der Waals surface area contributed by atoms with Crippen LogP contribution in [0.4, 0.5) is 26.3 Å². The van der Waals surface area contributed by atoms with E-state index in [2.05, 4.69) is 4.74 Å². The Balaban J connectivity index is 3.41. The van der Waals surface area contributed by atoms with E-state index in [0.717, 1.165) is 0 Å². The Morgan fingerprint density at radius 1 is 0.938 bits per heavy atom. The molecule has 1 N–H and O–H groups in total. The molecule has 16 heavy (non-hydrogen) atoms. The molecule has 1 radical (unpaired) electrons. The third-order valence-corrected chi connectivity index (χ3v) is 1.59. The number of halogens is 6. The second-order valence-corrected chi connectivity index (χ2v) is 2.51. The SMILES string of the molecule is O[CH]c1c(F)c(F)c(OC(F)F)c(F)c1F. The molecule has 0 aliphatic rings. The quantitative estimate of drug-likeness (QED) is 0.655. The predicted octanol–water partition coefficient (Wildman–Crippen LogP) is 2.73. The van der Waals surface area contributed by atoms with Gasteiger partial charge in [0.2, 0.25) is 17.4 Å². The van der Waals surface area contributed by atoms with Crippen LogP contribution in [0.5, 0.6) is 5.75 Å². The van der Waals surface area contributed by atoms with Crippen LogP contribution in [0.15, 0.2) is 0 Å². The Labute approximate surface area is 85.1 Å². The summed E-state index contributed by atoms with van der Waals surface area (Å²) in [6.45, 7) is -3.88. The minimum atomic E-state index is -3.65. The topological polar surface area (TPSA) is 29.5 Å². The van der Waals surface area contributed by atoms with Crippen molar-refractivity contribution in [3.63, 3.8) is 0 Å². The smallest absolute Gasteiger partial charge is 0.387 e. The molecule has 0 saturated heterocycles. The lowest BCUT2D eigenvalue weighted by atomic mass is 10.1. The molecule has 0 bridgehead atoms. The third kappa shape index (κ3) is 2.06. The Morgan fingerprint density at radius 3 is 1.69 bits per heavy atom. The first-order chi connectivity index (χ1) is 7.40. The van der Waals surface area contributed by atoms with Crippen LogP contribution in [0, 0.1) is 29.9 Å². The molecule has 0 atom stereocenters. The molecule has 1 aromatic rings. The van der Waals surface area contributed by atoms with Gasteiger partial charge in [0.25, 0.3) is 0 Å². The van der Waals surface area contributed by atoms with Crippen LogP contribution in [0.2, 0.25) is 0 Å². The first kappa shape index (κ1) is 12.6. The highest BCUT2D eigenvalue weighted by Crippen LogP contribution is 2.31. The summed E-state index contributed by atoms with van der Waals surface area (Å²) in [6.07, 6.45) is 0. The molecule has 0 amide bonds. The number of aliphatic hydroxyl groups is 1. The van der Waals surface area contributed by atoms with Gasteiger partial charge in [-0.2, -0.15) is 17.6 Å². The van der Waals surface area contributed by atoms with E-state index in [4.69, 9.17) is 5.11 Å². The fraction of sp³-hybridized carbons (Fsp3) is 0.125. The zero-order valence-corrected chi connectivity index (χ0v) is 7.28. The van der Waals surface area contributed by atoms with Gasteiger partial charge >= 0.3 is 6.61 Å². The van der Waals surface area contributed by atoms with Crippen LogP contribution in [0.3, 0.4) is 0 Å². The van der Waals surface area contributed by atoms with Gasteiger partial charge in [0.05, 0.1) is 5.56 Å². The van der Waals surface area contributed by atoms with E-state index in [-0.39, 0.29) is 6.61 Å². The largest absolute Gasteiger partial charge is 0.428 e. The molecule has 0 spiro atoms. The minimum absolute atomic E-state index is 0.233. The van der Waals surface area contributed by atoms with Crippen LogP contribution >= 0.6 is 0 Å². The number of alkyl halides is 2. The summed E-state index contributed by atoms with van der Waals surface area (Å²) in [5.74, 6) is -10.2. The van der Waals surface area contributed by atoms with E-state index in [1.807, 2.05) is 0 Å². The highest BCUT2D eigenvalue weighted by atomic mass is 19.3. The number of ether oxygens (including phenoxy) is 1. The number of rotatable bonds is 3. The molecule has 0 fully saturated rings. The lowest BCUT2D eigenvalue weighted by Crippen LogP contribution is -2.11. The van der Waals surface area contributed by atoms with E-state index < -0.39 is 41.2 Å². The van der Waals surface area contributed by atoms with Crippen molar-refractivity contribution in [3.05, 3.63) is 35.4 Å². The van der Waals surface area contributed by atoms with Crippen molar-refractivity contribution in [3.8, 4) is 5.75 Å². The Bertz CT molecular complexity index is 377. The van der Waals surface area contributed by atoms with Gasteiger partial charge in [-0.3, -0.25) is 0 Å². The van der Waals surface area contributed by atoms with Gasteiger partial charge in [-0.1, -0.05) is 0 Å². The fourth-order valence-electron chi connectivity index (χ4n) is 0.934. The van der Waals surface area contributed by atoms with Crippen LogP contribution in [0.25, 0.3) is 0 Å². The van der Waals surface area contributed by atoms with Crippen molar-refractivity contribution in [2.75, 3.05) is 0 Å². The van der Waals surface area contributed by atoms with Gasteiger partial charge in [0.15, 0.2) is 11.6 Å². The maximum absolute atomic E-state index is 12.9. The number of aliphatic hydroxyl groups excluding tert-OH is 1. The molecule has 1 aromatic carbocycles. The maximum Gasteiger partial charge on any atom is 0.387 e. The molecule has 0 aliphatic carbocycles. The van der Waals surface area contributed by atoms with Crippen LogP contribution in [-0.2, 0) is 0 Å². The standard InChI is InChI=1S/C8H3F6O2/c9-3-2(1-15)4(10)6(12)7(5(3)11)16-8(13)14/h1,8,15H. The van der Waals surface area contributed by atoms with Gasteiger partial charge in [0.1, 0.15) is 6.61 Å². The molecule has 2 nitrogen and oxygen atoms in total. The Kier molecular flexibility index (Phi) is 3.63. The third-order valence-electron chi connectivity index (χ3n) is 1.59.